The van der Waals surface area contributed by atoms with Crippen LogP contribution < -0.4 is 0 Å². The Balaban J connectivity index is 2.87. The lowest BCUT2D eigenvalue weighted by molar-refractivity contribution is -0.113. The Morgan fingerprint density at radius 1 is 1.21 bits per heavy atom. The zero-order valence-corrected chi connectivity index (χ0v) is 11.5. The number of Topliss-reactive ketones (excluding diaryl/α,β-unsaturated/α-hetero) is 1. The second-order valence-corrected chi connectivity index (χ2v) is 4.41. The molecule has 0 aliphatic heterocycles. The van der Waals surface area contributed by atoms with Crippen molar-refractivity contribution in [2.24, 2.45) is 0 Å². The molecule has 0 radical (unpaired) electrons. The summed E-state index contributed by atoms with van der Waals surface area (Å²) >= 11 is 0. The molecule has 0 bridgehead atoms. The molecule has 2 nitrogen and oxygen atoms in total. The largest absolute Gasteiger partial charge is 0.369 e. The SMILES string of the molecule is C=CCC(=CN(CC=C)Cc1ccccc1)C(C)=O. The first-order valence-corrected chi connectivity index (χ1v) is 6.38. The monoisotopic (exact) mass is 255 g/mol. The van der Waals surface area contributed by atoms with Crippen molar-refractivity contribution in [3.05, 3.63) is 73.0 Å². The Bertz CT molecular complexity index is 459. The van der Waals surface area contributed by atoms with Gasteiger partial charge in [-0.1, -0.05) is 42.5 Å². The molecule has 0 atom stereocenters. The highest BCUT2D eigenvalue weighted by molar-refractivity contribution is 5.93. The fraction of sp³-hybridized carbons (Fsp3) is 0.235. The van der Waals surface area contributed by atoms with E-state index in [0.717, 1.165) is 12.1 Å². The van der Waals surface area contributed by atoms with E-state index in [1.54, 1.807) is 13.0 Å². The summed E-state index contributed by atoms with van der Waals surface area (Å²) in [6.45, 7) is 10.5. The van der Waals surface area contributed by atoms with E-state index in [-0.39, 0.29) is 5.78 Å². The van der Waals surface area contributed by atoms with Crippen molar-refractivity contribution in [3.63, 3.8) is 0 Å². The zero-order chi connectivity index (χ0) is 14.1. The maximum atomic E-state index is 11.6. The van der Waals surface area contributed by atoms with Gasteiger partial charge in [-0.25, -0.2) is 0 Å². The minimum absolute atomic E-state index is 0.0852. The van der Waals surface area contributed by atoms with Crippen LogP contribution in [0.15, 0.2) is 67.4 Å². The Kier molecular flexibility index (Phi) is 6.37. The van der Waals surface area contributed by atoms with E-state index in [1.165, 1.54) is 5.56 Å². The lowest BCUT2D eigenvalue weighted by atomic mass is 10.1. The molecule has 100 valence electrons. The summed E-state index contributed by atoms with van der Waals surface area (Å²) in [5, 5.41) is 0. The summed E-state index contributed by atoms with van der Waals surface area (Å²) in [6.07, 6.45) is 6.10. The summed E-state index contributed by atoms with van der Waals surface area (Å²) in [7, 11) is 0. The van der Waals surface area contributed by atoms with E-state index in [9.17, 15) is 4.79 Å². The number of hydrogen-bond donors (Lipinski definition) is 0. The lowest BCUT2D eigenvalue weighted by Gasteiger charge is -2.20. The van der Waals surface area contributed by atoms with Crippen LogP contribution in [0.2, 0.25) is 0 Å². The van der Waals surface area contributed by atoms with Gasteiger partial charge < -0.3 is 4.90 Å². The summed E-state index contributed by atoms with van der Waals surface area (Å²) in [6, 6.07) is 10.2. The van der Waals surface area contributed by atoms with Crippen LogP contribution in [0.3, 0.4) is 0 Å². The van der Waals surface area contributed by atoms with Crippen LogP contribution in [0.5, 0.6) is 0 Å². The molecule has 0 amide bonds. The smallest absolute Gasteiger partial charge is 0.157 e. The van der Waals surface area contributed by atoms with Crippen LogP contribution in [0, 0.1) is 0 Å². The average Bonchev–Trinajstić information content (AvgIpc) is 2.39. The third-order valence-electron chi connectivity index (χ3n) is 2.75. The highest BCUT2D eigenvalue weighted by Gasteiger charge is 2.06. The third-order valence-corrected chi connectivity index (χ3v) is 2.75. The second-order valence-electron chi connectivity index (χ2n) is 4.41. The number of rotatable bonds is 8. The molecule has 1 aromatic rings. The van der Waals surface area contributed by atoms with Gasteiger partial charge in [0.15, 0.2) is 5.78 Å². The summed E-state index contributed by atoms with van der Waals surface area (Å²) in [5.41, 5.74) is 1.98. The maximum Gasteiger partial charge on any atom is 0.157 e. The fourth-order valence-corrected chi connectivity index (χ4v) is 1.81. The molecule has 1 rings (SSSR count). The van der Waals surface area contributed by atoms with Gasteiger partial charge in [-0.05, 0) is 18.9 Å². The fourth-order valence-electron chi connectivity index (χ4n) is 1.81. The summed E-state index contributed by atoms with van der Waals surface area (Å²) in [4.78, 5) is 13.6. The number of hydrogen-bond acceptors (Lipinski definition) is 2. The summed E-state index contributed by atoms with van der Waals surface area (Å²) < 4.78 is 0. The molecular weight excluding hydrogens is 234 g/mol. The number of carbonyl (C=O) groups is 1. The second kappa shape index (κ2) is 8.09. The van der Waals surface area contributed by atoms with Crippen molar-refractivity contribution in [1.82, 2.24) is 4.90 Å². The summed E-state index contributed by atoms with van der Waals surface area (Å²) in [5.74, 6) is 0.0852. The van der Waals surface area contributed by atoms with Gasteiger partial charge in [-0.2, -0.15) is 0 Å². The van der Waals surface area contributed by atoms with Crippen molar-refractivity contribution in [3.8, 4) is 0 Å². The highest BCUT2D eigenvalue weighted by Crippen LogP contribution is 2.10. The molecule has 2 heteroatoms. The van der Waals surface area contributed by atoms with Crippen molar-refractivity contribution >= 4 is 5.78 Å². The Morgan fingerprint density at radius 2 is 1.89 bits per heavy atom. The van der Waals surface area contributed by atoms with Gasteiger partial charge >= 0.3 is 0 Å². The van der Waals surface area contributed by atoms with Crippen molar-refractivity contribution in [2.75, 3.05) is 6.54 Å². The van der Waals surface area contributed by atoms with Crippen LogP contribution in [-0.4, -0.2) is 17.2 Å². The Hall–Kier alpha value is -2.09. The first kappa shape index (κ1) is 15.0. The minimum atomic E-state index is 0.0852. The molecule has 0 fully saturated rings. The topological polar surface area (TPSA) is 20.3 Å². The first-order chi connectivity index (χ1) is 9.17. The van der Waals surface area contributed by atoms with Gasteiger partial charge in [-0.15, -0.1) is 13.2 Å². The molecule has 0 unspecified atom stereocenters. The predicted octanol–water partition coefficient (Wildman–Crippen LogP) is 3.72. The molecule has 0 saturated carbocycles. The first-order valence-electron chi connectivity index (χ1n) is 6.38. The van der Waals surface area contributed by atoms with Gasteiger partial charge in [0, 0.05) is 24.9 Å². The number of carbonyl (C=O) groups excluding carboxylic acids is 1. The van der Waals surface area contributed by atoms with Gasteiger partial charge in [0.2, 0.25) is 0 Å². The molecule has 0 spiro atoms. The normalized spacial score (nSPS) is 10.9. The average molecular weight is 255 g/mol. The van der Waals surface area contributed by atoms with Gasteiger partial charge in [0.05, 0.1) is 0 Å². The molecule has 0 saturated heterocycles. The molecule has 19 heavy (non-hydrogen) atoms. The predicted molar refractivity (Wildman–Crippen MR) is 80.6 cm³/mol. The maximum absolute atomic E-state index is 11.6. The van der Waals surface area contributed by atoms with Gasteiger partial charge in [0.25, 0.3) is 0 Å². The standard InChI is InChI=1S/C17H21NO/c1-4-9-17(15(3)19)14-18(12-5-2)13-16-10-7-6-8-11-16/h4-8,10-11,14H,1-2,9,12-13H2,3H3. The van der Waals surface area contributed by atoms with E-state index >= 15 is 0 Å². The van der Waals surface area contributed by atoms with Gasteiger partial charge in [0.1, 0.15) is 0 Å². The number of allylic oxidation sites excluding steroid dienone is 2. The van der Waals surface area contributed by atoms with Crippen molar-refractivity contribution in [2.45, 2.75) is 19.9 Å². The van der Waals surface area contributed by atoms with E-state index in [1.807, 2.05) is 30.5 Å². The third kappa shape index (κ3) is 5.38. The molecule has 0 aliphatic rings. The van der Waals surface area contributed by atoms with E-state index < -0.39 is 0 Å². The van der Waals surface area contributed by atoms with Crippen molar-refractivity contribution < 1.29 is 4.79 Å². The van der Waals surface area contributed by atoms with E-state index in [0.29, 0.717) is 13.0 Å². The minimum Gasteiger partial charge on any atom is -0.369 e. The Labute approximate surface area is 115 Å². The van der Waals surface area contributed by atoms with Crippen LogP contribution >= 0.6 is 0 Å². The lowest BCUT2D eigenvalue weighted by Crippen LogP contribution is -2.18. The number of benzene rings is 1. The zero-order valence-electron chi connectivity index (χ0n) is 11.5. The van der Waals surface area contributed by atoms with Crippen LogP contribution in [0.4, 0.5) is 0 Å². The van der Waals surface area contributed by atoms with Crippen LogP contribution in [-0.2, 0) is 11.3 Å². The van der Waals surface area contributed by atoms with Gasteiger partial charge in [-0.3, -0.25) is 4.79 Å². The molecule has 0 heterocycles. The molecular formula is C17H21NO. The molecule has 0 aromatic heterocycles. The molecule has 0 N–H and O–H groups in total. The van der Waals surface area contributed by atoms with E-state index in [4.69, 9.17) is 0 Å². The highest BCUT2D eigenvalue weighted by atomic mass is 16.1. The Morgan fingerprint density at radius 3 is 2.42 bits per heavy atom. The van der Waals surface area contributed by atoms with Crippen LogP contribution in [0.1, 0.15) is 18.9 Å². The van der Waals surface area contributed by atoms with E-state index in [2.05, 4.69) is 30.2 Å². The number of ketones is 1. The van der Waals surface area contributed by atoms with Crippen LogP contribution in [0.25, 0.3) is 0 Å². The quantitative estimate of drug-likeness (QED) is 0.521. The molecule has 0 aliphatic carbocycles. The number of nitrogens with zero attached hydrogens (tertiary/aromatic N) is 1. The van der Waals surface area contributed by atoms with Crippen molar-refractivity contribution in [1.29, 1.82) is 0 Å². The molecule has 1 aromatic carbocycles.